The predicted molar refractivity (Wildman–Crippen MR) is 48.8 cm³/mol. The third kappa shape index (κ3) is 1.99. The molecule has 14 heavy (non-hydrogen) atoms. The summed E-state index contributed by atoms with van der Waals surface area (Å²) in [4.78, 5) is 11.2. The van der Waals surface area contributed by atoms with Crippen LogP contribution in [-0.2, 0) is 0 Å². The Morgan fingerprint density at radius 2 is 2.07 bits per heavy atom. The predicted octanol–water partition coefficient (Wildman–Crippen LogP) is 1.30. The monoisotopic (exact) mass is 200 g/mol. The highest BCUT2D eigenvalue weighted by atomic mass is 19.1. The molecule has 0 bridgehead atoms. The first-order chi connectivity index (χ1) is 6.56. The van der Waals surface area contributed by atoms with E-state index in [1.165, 1.54) is 0 Å². The molecule has 0 aliphatic heterocycles. The first kappa shape index (κ1) is 10.4. The molecule has 0 radical (unpaired) electrons. The highest BCUT2D eigenvalue weighted by Crippen LogP contribution is 2.16. The third-order valence-corrected chi connectivity index (χ3v) is 1.67. The van der Waals surface area contributed by atoms with Crippen molar-refractivity contribution in [3.8, 4) is 0 Å². The molecule has 1 rings (SSSR count). The van der Waals surface area contributed by atoms with Gasteiger partial charge in [-0.2, -0.15) is 0 Å². The quantitative estimate of drug-likeness (QED) is 0.707. The first-order valence-electron chi connectivity index (χ1n) is 4.09. The van der Waals surface area contributed by atoms with Crippen molar-refractivity contribution in [2.24, 2.45) is 0 Å². The molecule has 0 atom stereocenters. The second kappa shape index (κ2) is 4.04. The SMILES string of the molecule is CCNC(=O)c1cc(N)c(F)cc1F. The maximum absolute atomic E-state index is 13.0. The van der Waals surface area contributed by atoms with Crippen LogP contribution in [0.2, 0.25) is 0 Å². The van der Waals surface area contributed by atoms with Gasteiger partial charge in [-0.25, -0.2) is 8.78 Å². The average Bonchev–Trinajstić information content (AvgIpc) is 2.11. The van der Waals surface area contributed by atoms with Crippen molar-refractivity contribution >= 4 is 11.6 Å². The van der Waals surface area contributed by atoms with E-state index in [4.69, 9.17) is 5.73 Å². The number of nitrogen functional groups attached to an aromatic ring is 1. The van der Waals surface area contributed by atoms with E-state index in [1.807, 2.05) is 0 Å². The van der Waals surface area contributed by atoms with Crippen LogP contribution in [0.15, 0.2) is 12.1 Å². The van der Waals surface area contributed by atoms with E-state index in [0.717, 1.165) is 6.07 Å². The molecule has 0 saturated carbocycles. The van der Waals surface area contributed by atoms with E-state index in [2.05, 4.69) is 5.32 Å². The van der Waals surface area contributed by atoms with Crippen molar-refractivity contribution in [1.29, 1.82) is 0 Å². The molecule has 3 N–H and O–H groups in total. The molecule has 1 aromatic carbocycles. The number of carbonyl (C=O) groups is 1. The lowest BCUT2D eigenvalue weighted by atomic mass is 10.1. The largest absolute Gasteiger partial charge is 0.396 e. The molecule has 0 aliphatic rings. The number of rotatable bonds is 2. The lowest BCUT2D eigenvalue weighted by Gasteiger charge is -2.05. The van der Waals surface area contributed by atoms with Crippen molar-refractivity contribution in [3.05, 3.63) is 29.3 Å². The molecular formula is C9H10F2N2O. The van der Waals surface area contributed by atoms with Crippen LogP contribution >= 0.6 is 0 Å². The molecule has 0 saturated heterocycles. The minimum atomic E-state index is -0.914. The van der Waals surface area contributed by atoms with Gasteiger partial charge in [0.05, 0.1) is 11.3 Å². The maximum Gasteiger partial charge on any atom is 0.254 e. The molecule has 0 fully saturated rings. The Labute approximate surface area is 79.9 Å². The normalized spacial score (nSPS) is 9.93. The van der Waals surface area contributed by atoms with Gasteiger partial charge in [-0.05, 0) is 13.0 Å². The Morgan fingerprint density at radius 1 is 1.43 bits per heavy atom. The number of amides is 1. The van der Waals surface area contributed by atoms with Crippen LogP contribution in [0.25, 0.3) is 0 Å². The van der Waals surface area contributed by atoms with Crippen LogP contribution in [0.1, 0.15) is 17.3 Å². The van der Waals surface area contributed by atoms with Crippen molar-refractivity contribution in [2.75, 3.05) is 12.3 Å². The zero-order chi connectivity index (χ0) is 10.7. The van der Waals surface area contributed by atoms with E-state index in [9.17, 15) is 13.6 Å². The summed E-state index contributed by atoms with van der Waals surface area (Å²) < 4.78 is 25.8. The van der Waals surface area contributed by atoms with Gasteiger partial charge in [0.2, 0.25) is 0 Å². The number of carbonyl (C=O) groups excluding carboxylic acids is 1. The molecule has 1 aromatic rings. The Hall–Kier alpha value is -1.65. The number of hydrogen-bond donors (Lipinski definition) is 2. The number of nitrogens with one attached hydrogen (secondary N) is 1. The Balaban J connectivity index is 3.09. The molecule has 5 heteroatoms. The van der Waals surface area contributed by atoms with Crippen molar-refractivity contribution in [2.45, 2.75) is 6.92 Å². The first-order valence-corrected chi connectivity index (χ1v) is 4.09. The fraction of sp³-hybridized carbons (Fsp3) is 0.222. The topological polar surface area (TPSA) is 55.1 Å². The summed E-state index contributed by atoms with van der Waals surface area (Å²) in [5, 5.41) is 2.39. The second-order valence-electron chi connectivity index (χ2n) is 2.71. The van der Waals surface area contributed by atoms with E-state index in [1.54, 1.807) is 6.92 Å². The van der Waals surface area contributed by atoms with E-state index in [0.29, 0.717) is 12.6 Å². The van der Waals surface area contributed by atoms with Gasteiger partial charge >= 0.3 is 0 Å². The van der Waals surface area contributed by atoms with Crippen LogP contribution in [0.4, 0.5) is 14.5 Å². The number of anilines is 1. The Kier molecular flexibility index (Phi) is 3.01. The molecule has 0 aromatic heterocycles. The average molecular weight is 200 g/mol. The van der Waals surface area contributed by atoms with Gasteiger partial charge in [0.25, 0.3) is 5.91 Å². The Bertz CT molecular complexity index is 366. The van der Waals surface area contributed by atoms with Gasteiger partial charge < -0.3 is 11.1 Å². The summed E-state index contributed by atoms with van der Waals surface area (Å²) in [5.41, 5.74) is 4.71. The van der Waals surface area contributed by atoms with E-state index in [-0.39, 0.29) is 11.3 Å². The molecule has 3 nitrogen and oxygen atoms in total. The molecule has 0 aliphatic carbocycles. The van der Waals surface area contributed by atoms with Crippen LogP contribution in [0.3, 0.4) is 0 Å². The number of hydrogen-bond acceptors (Lipinski definition) is 2. The van der Waals surface area contributed by atoms with Gasteiger partial charge in [-0.1, -0.05) is 0 Å². The zero-order valence-corrected chi connectivity index (χ0v) is 7.60. The lowest BCUT2D eigenvalue weighted by molar-refractivity contribution is 0.0952. The molecule has 76 valence electrons. The summed E-state index contributed by atoms with van der Waals surface area (Å²) in [6.45, 7) is 2.07. The summed E-state index contributed by atoms with van der Waals surface area (Å²) >= 11 is 0. The summed E-state index contributed by atoms with van der Waals surface area (Å²) in [7, 11) is 0. The number of benzene rings is 1. The maximum atomic E-state index is 13.0. The smallest absolute Gasteiger partial charge is 0.254 e. The summed E-state index contributed by atoms with van der Waals surface area (Å²) in [5.74, 6) is -2.38. The van der Waals surface area contributed by atoms with Gasteiger partial charge in [0.15, 0.2) is 0 Å². The van der Waals surface area contributed by atoms with Gasteiger partial charge in [0, 0.05) is 12.6 Å². The Morgan fingerprint density at radius 3 is 2.64 bits per heavy atom. The van der Waals surface area contributed by atoms with Gasteiger partial charge in [-0.3, -0.25) is 4.79 Å². The van der Waals surface area contributed by atoms with E-state index >= 15 is 0 Å². The molecule has 0 spiro atoms. The van der Waals surface area contributed by atoms with Gasteiger partial charge in [0.1, 0.15) is 11.6 Å². The minimum Gasteiger partial charge on any atom is -0.396 e. The van der Waals surface area contributed by atoms with Crippen molar-refractivity contribution < 1.29 is 13.6 Å². The molecule has 0 unspecified atom stereocenters. The molecule has 0 heterocycles. The molecular weight excluding hydrogens is 190 g/mol. The number of halogens is 2. The van der Waals surface area contributed by atoms with Crippen molar-refractivity contribution in [1.82, 2.24) is 5.32 Å². The van der Waals surface area contributed by atoms with Crippen LogP contribution in [0, 0.1) is 11.6 Å². The summed E-state index contributed by atoms with van der Waals surface area (Å²) in [6.07, 6.45) is 0. The van der Waals surface area contributed by atoms with Crippen LogP contribution in [-0.4, -0.2) is 12.5 Å². The zero-order valence-electron chi connectivity index (χ0n) is 7.60. The van der Waals surface area contributed by atoms with Crippen LogP contribution in [0.5, 0.6) is 0 Å². The van der Waals surface area contributed by atoms with Gasteiger partial charge in [-0.15, -0.1) is 0 Å². The van der Waals surface area contributed by atoms with Crippen LogP contribution < -0.4 is 11.1 Å². The highest BCUT2D eigenvalue weighted by Gasteiger charge is 2.13. The number of nitrogens with two attached hydrogens (primary N) is 1. The standard InChI is InChI=1S/C9H10F2N2O/c1-2-13-9(14)5-3-8(12)7(11)4-6(5)10/h3-4H,2,12H2,1H3,(H,13,14). The molecule has 1 amide bonds. The second-order valence-corrected chi connectivity index (χ2v) is 2.71. The summed E-state index contributed by atoms with van der Waals surface area (Å²) in [6, 6.07) is 1.58. The third-order valence-electron chi connectivity index (χ3n) is 1.67. The fourth-order valence-corrected chi connectivity index (χ4v) is 0.996. The fourth-order valence-electron chi connectivity index (χ4n) is 0.996. The lowest BCUT2D eigenvalue weighted by Crippen LogP contribution is -2.24. The van der Waals surface area contributed by atoms with Crippen molar-refractivity contribution in [3.63, 3.8) is 0 Å². The van der Waals surface area contributed by atoms with E-state index < -0.39 is 17.5 Å². The highest BCUT2D eigenvalue weighted by molar-refractivity contribution is 5.95. The minimum absolute atomic E-state index is 0.243.